The molecule has 5 heteroatoms. The number of aryl methyl sites for hydroxylation is 2. The Morgan fingerprint density at radius 3 is 2.60 bits per heavy atom. The summed E-state index contributed by atoms with van der Waals surface area (Å²) < 4.78 is 21.2. The summed E-state index contributed by atoms with van der Waals surface area (Å²) in [5.41, 5.74) is 7.56. The van der Waals surface area contributed by atoms with E-state index in [2.05, 4.69) is 5.10 Å². The van der Waals surface area contributed by atoms with Crippen molar-refractivity contribution in [1.29, 1.82) is 0 Å². The highest BCUT2D eigenvalue weighted by Crippen LogP contribution is 2.37. The van der Waals surface area contributed by atoms with Crippen molar-refractivity contribution in [2.45, 2.75) is 6.92 Å². The Morgan fingerprint density at radius 1 is 1.20 bits per heavy atom. The summed E-state index contributed by atoms with van der Waals surface area (Å²) in [7, 11) is 1.72. The molecule has 1 aromatic carbocycles. The number of nitrogen functional groups attached to an aromatic ring is 1. The minimum atomic E-state index is -0.336. The third kappa shape index (κ3) is 1.87. The minimum absolute atomic E-state index is 0.336. The van der Waals surface area contributed by atoms with Crippen molar-refractivity contribution in [2.24, 2.45) is 7.05 Å². The van der Waals surface area contributed by atoms with Crippen molar-refractivity contribution in [1.82, 2.24) is 9.78 Å². The first kappa shape index (κ1) is 12.5. The van der Waals surface area contributed by atoms with Crippen LogP contribution in [0.3, 0.4) is 0 Å². The van der Waals surface area contributed by atoms with Crippen LogP contribution in [-0.2, 0) is 7.05 Å². The van der Waals surface area contributed by atoms with Crippen LogP contribution < -0.4 is 5.73 Å². The van der Waals surface area contributed by atoms with Crippen LogP contribution in [0.1, 0.15) is 5.76 Å². The third-order valence-electron chi connectivity index (χ3n) is 3.21. The number of aromatic nitrogens is 2. The van der Waals surface area contributed by atoms with Gasteiger partial charge in [0.25, 0.3) is 0 Å². The molecule has 0 fully saturated rings. The SMILES string of the molecule is Cc1ccc(-c2nn(C)c(N)c2-c2ccccc2F)o1. The van der Waals surface area contributed by atoms with E-state index in [1.807, 2.05) is 13.0 Å². The Hall–Kier alpha value is -2.56. The molecule has 0 aliphatic rings. The molecule has 0 atom stereocenters. The maximum absolute atomic E-state index is 14.0. The summed E-state index contributed by atoms with van der Waals surface area (Å²) in [6, 6.07) is 10.1. The van der Waals surface area contributed by atoms with Crippen LogP contribution in [0.4, 0.5) is 10.2 Å². The van der Waals surface area contributed by atoms with Crippen molar-refractivity contribution in [3.63, 3.8) is 0 Å². The van der Waals surface area contributed by atoms with E-state index in [1.54, 1.807) is 31.3 Å². The zero-order chi connectivity index (χ0) is 14.3. The number of hydrogen-bond donors (Lipinski definition) is 1. The van der Waals surface area contributed by atoms with Crippen LogP contribution in [0.5, 0.6) is 0 Å². The summed E-state index contributed by atoms with van der Waals surface area (Å²) in [4.78, 5) is 0. The second kappa shape index (κ2) is 4.52. The van der Waals surface area contributed by atoms with E-state index in [9.17, 15) is 4.39 Å². The molecule has 0 amide bonds. The molecule has 0 spiro atoms. The summed E-state index contributed by atoms with van der Waals surface area (Å²) >= 11 is 0. The second-order valence-corrected chi connectivity index (χ2v) is 4.62. The standard InChI is InChI=1S/C15H14FN3O/c1-9-7-8-12(20-9)14-13(15(17)19(2)18-14)10-5-3-4-6-11(10)16/h3-8H,17H2,1-2H3. The average molecular weight is 271 g/mol. The molecule has 0 saturated heterocycles. The van der Waals surface area contributed by atoms with Crippen molar-refractivity contribution >= 4 is 5.82 Å². The molecule has 4 nitrogen and oxygen atoms in total. The molecule has 0 aliphatic heterocycles. The van der Waals surface area contributed by atoms with E-state index in [1.165, 1.54) is 10.7 Å². The largest absolute Gasteiger partial charge is 0.460 e. The minimum Gasteiger partial charge on any atom is -0.460 e. The molecule has 3 rings (SSSR count). The maximum atomic E-state index is 14.0. The fraction of sp³-hybridized carbons (Fsp3) is 0.133. The van der Waals surface area contributed by atoms with E-state index in [-0.39, 0.29) is 5.82 Å². The number of nitrogens with zero attached hydrogens (tertiary/aromatic N) is 2. The van der Waals surface area contributed by atoms with Crippen molar-refractivity contribution in [3.8, 4) is 22.6 Å². The maximum Gasteiger partial charge on any atom is 0.155 e. The lowest BCUT2D eigenvalue weighted by Gasteiger charge is -2.04. The summed E-state index contributed by atoms with van der Waals surface area (Å²) in [6.07, 6.45) is 0. The Labute approximate surface area is 115 Å². The van der Waals surface area contributed by atoms with Gasteiger partial charge in [0, 0.05) is 12.6 Å². The highest BCUT2D eigenvalue weighted by Gasteiger charge is 2.21. The van der Waals surface area contributed by atoms with E-state index in [4.69, 9.17) is 10.2 Å². The topological polar surface area (TPSA) is 57.0 Å². The van der Waals surface area contributed by atoms with Gasteiger partial charge in [0.05, 0.1) is 5.56 Å². The number of benzene rings is 1. The number of anilines is 1. The van der Waals surface area contributed by atoms with E-state index >= 15 is 0 Å². The summed E-state index contributed by atoms with van der Waals surface area (Å²) in [6.45, 7) is 1.85. The Morgan fingerprint density at radius 2 is 1.95 bits per heavy atom. The fourth-order valence-electron chi connectivity index (χ4n) is 2.20. The first-order chi connectivity index (χ1) is 9.58. The van der Waals surface area contributed by atoms with Crippen LogP contribution in [-0.4, -0.2) is 9.78 Å². The first-order valence-electron chi connectivity index (χ1n) is 6.22. The highest BCUT2D eigenvalue weighted by molar-refractivity contribution is 5.86. The van der Waals surface area contributed by atoms with Gasteiger partial charge in [-0.3, -0.25) is 4.68 Å². The predicted molar refractivity (Wildman–Crippen MR) is 75.5 cm³/mol. The Kier molecular flexibility index (Phi) is 2.82. The molecular formula is C15H14FN3O. The van der Waals surface area contributed by atoms with Crippen molar-refractivity contribution < 1.29 is 8.81 Å². The van der Waals surface area contributed by atoms with Gasteiger partial charge < -0.3 is 10.2 Å². The molecule has 20 heavy (non-hydrogen) atoms. The van der Waals surface area contributed by atoms with Crippen LogP contribution in [0.25, 0.3) is 22.6 Å². The number of rotatable bonds is 2. The number of hydrogen-bond acceptors (Lipinski definition) is 3. The lowest BCUT2D eigenvalue weighted by molar-refractivity contribution is 0.545. The molecule has 2 N–H and O–H groups in total. The number of nitrogens with two attached hydrogens (primary N) is 1. The van der Waals surface area contributed by atoms with E-state index in [0.717, 1.165) is 5.76 Å². The van der Waals surface area contributed by atoms with Gasteiger partial charge in [-0.2, -0.15) is 5.10 Å². The van der Waals surface area contributed by atoms with Gasteiger partial charge in [-0.1, -0.05) is 18.2 Å². The third-order valence-corrected chi connectivity index (χ3v) is 3.21. The zero-order valence-electron chi connectivity index (χ0n) is 11.2. The monoisotopic (exact) mass is 271 g/mol. The van der Waals surface area contributed by atoms with Gasteiger partial charge >= 0.3 is 0 Å². The number of halogens is 1. The fourth-order valence-corrected chi connectivity index (χ4v) is 2.20. The van der Waals surface area contributed by atoms with Crippen molar-refractivity contribution in [2.75, 3.05) is 5.73 Å². The van der Waals surface area contributed by atoms with Gasteiger partial charge in [-0.05, 0) is 25.1 Å². The van der Waals surface area contributed by atoms with Gasteiger partial charge in [0.2, 0.25) is 0 Å². The Balaban J connectivity index is 2.28. The van der Waals surface area contributed by atoms with Crippen LogP contribution in [0, 0.1) is 12.7 Å². The van der Waals surface area contributed by atoms with Gasteiger partial charge in [-0.25, -0.2) is 4.39 Å². The van der Waals surface area contributed by atoms with Crippen LogP contribution >= 0.6 is 0 Å². The quantitative estimate of drug-likeness (QED) is 0.777. The van der Waals surface area contributed by atoms with Crippen LogP contribution in [0.15, 0.2) is 40.8 Å². The van der Waals surface area contributed by atoms with Gasteiger partial charge in [0.15, 0.2) is 5.76 Å². The molecule has 2 heterocycles. The summed E-state index contributed by atoms with van der Waals surface area (Å²) in [5, 5.41) is 4.34. The molecule has 2 aromatic heterocycles. The molecule has 3 aromatic rings. The lowest BCUT2D eigenvalue weighted by Crippen LogP contribution is -1.98. The Bertz CT molecular complexity index is 773. The molecule has 0 unspecified atom stereocenters. The van der Waals surface area contributed by atoms with E-state index < -0.39 is 0 Å². The summed E-state index contributed by atoms with van der Waals surface area (Å²) in [5.74, 6) is 1.41. The molecule has 0 radical (unpaired) electrons. The second-order valence-electron chi connectivity index (χ2n) is 4.62. The predicted octanol–water partition coefficient (Wildman–Crippen LogP) is 3.38. The lowest BCUT2D eigenvalue weighted by atomic mass is 10.0. The first-order valence-corrected chi connectivity index (χ1v) is 6.22. The van der Waals surface area contributed by atoms with Gasteiger partial charge in [-0.15, -0.1) is 0 Å². The van der Waals surface area contributed by atoms with Crippen LogP contribution in [0.2, 0.25) is 0 Å². The molecule has 0 bridgehead atoms. The normalized spacial score (nSPS) is 10.9. The molecule has 102 valence electrons. The number of furan rings is 1. The smallest absolute Gasteiger partial charge is 0.155 e. The molecular weight excluding hydrogens is 257 g/mol. The molecule has 0 aliphatic carbocycles. The van der Waals surface area contributed by atoms with Crippen molar-refractivity contribution in [3.05, 3.63) is 48.0 Å². The zero-order valence-corrected chi connectivity index (χ0v) is 11.2. The van der Waals surface area contributed by atoms with Gasteiger partial charge in [0.1, 0.15) is 23.1 Å². The van der Waals surface area contributed by atoms with E-state index in [0.29, 0.717) is 28.4 Å². The highest BCUT2D eigenvalue weighted by atomic mass is 19.1. The molecule has 0 saturated carbocycles. The average Bonchev–Trinajstić information content (AvgIpc) is 2.96.